The minimum Gasteiger partial charge on any atom is -0.318 e. The first-order valence-corrected chi connectivity index (χ1v) is 5.86. The number of hydrogen-bond donors (Lipinski definition) is 1. The van der Waals surface area contributed by atoms with Crippen LogP contribution in [0.3, 0.4) is 0 Å². The number of likely N-dealkylation sites (N-methyl/N-ethyl adjacent to an activating group) is 2. The molecular formula is C14H24N2. The third-order valence-corrected chi connectivity index (χ3v) is 3.48. The first-order chi connectivity index (χ1) is 7.49. The zero-order chi connectivity index (χ0) is 12.3. The van der Waals surface area contributed by atoms with Gasteiger partial charge in [-0.1, -0.05) is 12.1 Å². The Morgan fingerprint density at radius 1 is 1.12 bits per heavy atom. The second-order valence-electron chi connectivity index (χ2n) is 4.76. The monoisotopic (exact) mass is 220 g/mol. The van der Waals surface area contributed by atoms with Crippen LogP contribution in [0.2, 0.25) is 0 Å². The summed E-state index contributed by atoms with van der Waals surface area (Å²) in [6.45, 7) is 7.59. The molecule has 0 saturated carbocycles. The molecule has 0 aliphatic carbocycles. The van der Waals surface area contributed by atoms with Crippen molar-refractivity contribution in [2.45, 2.75) is 26.8 Å². The summed E-state index contributed by atoms with van der Waals surface area (Å²) in [7, 11) is 6.28. The molecule has 0 bridgehead atoms. The standard InChI is InChI=1S/C14H24N2/c1-10-7-8-13(12(3)11(10)2)14(9-15-4)16(5)6/h7-8,14-15H,9H2,1-6H3. The van der Waals surface area contributed by atoms with Crippen molar-refractivity contribution in [1.29, 1.82) is 0 Å². The van der Waals surface area contributed by atoms with Crippen LogP contribution in [0.4, 0.5) is 0 Å². The quantitative estimate of drug-likeness (QED) is 0.838. The fourth-order valence-corrected chi connectivity index (χ4v) is 2.10. The Bertz CT molecular complexity index is 356. The zero-order valence-electron chi connectivity index (χ0n) is 11.4. The summed E-state index contributed by atoms with van der Waals surface area (Å²) in [4.78, 5) is 2.27. The van der Waals surface area contributed by atoms with Gasteiger partial charge in [-0.15, -0.1) is 0 Å². The number of rotatable bonds is 4. The average Bonchev–Trinajstić information content (AvgIpc) is 2.24. The molecule has 0 aromatic heterocycles. The molecule has 16 heavy (non-hydrogen) atoms. The van der Waals surface area contributed by atoms with Gasteiger partial charge in [-0.25, -0.2) is 0 Å². The molecule has 1 rings (SSSR count). The van der Waals surface area contributed by atoms with Crippen molar-refractivity contribution < 1.29 is 0 Å². The maximum Gasteiger partial charge on any atom is 0.0469 e. The van der Waals surface area contributed by atoms with Crippen LogP contribution in [0.1, 0.15) is 28.3 Å². The van der Waals surface area contributed by atoms with E-state index in [4.69, 9.17) is 0 Å². The summed E-state index contributed by atoms with van der Waals surface area (Å²) < 4.78 is 0. The van der Waals surface area contributed by atoms with Crippen LogP contribution in [0.25, 0.3) is 0 Å². The van der Waals surface area contributed by atoms with Crippen molar-refractivity contribution in [2.24, 2.45) is 0 Å². The van der Waals surface area contributed by atoms with Crippen LogP contribution in [-0.2, 0) is 0 Å². The minimum atomic E-state index is 0.448. The van der Waals surface area contributed by atoms with E-state index >= 15 is 0 Å². The Morgan fingerprint density at radius 3 is 2.25 bits per heavy atom. The lowest BCUT2D eigenvalue weighted by atomic mass is 9.94. The fraction of sp³-hybridized carbons (Fsp3) is 0.571. The van der Waals surface area contributed by atoms with E-state index in [0.29, 0.717) is 6.04 Å². The number of nitrogens with zero attached hydrogens (tertiary/aromatic N) is 1. The van der Waals surface area contributed by atoms with Gasteiger partial charge in [0, 0.05) is 12.6 Å². The Balaban J connectivity index is 3.15. The third-order valence-electron chi connectivity index (χ3n) is 3.48. The normalized spacial score (nSPS) is 13.2. The number of hydrogen-bond acceptors (Lipinski definition) is 2. The molecule has 0 fully saturated rings. The van der Waals surface area contributed by atoms with Gasteiger partial charge in [0.2, 0.25) is 0 Å². The van der Waals surface area contributed by atoms with Gasteiger partial charge in [-0.05, 0) is 64.2 Å². The van der Waals surface area contributed by atoms with E-state index in [9.17, 15) is 0 Å². The fourth-order valence-electron chi connectivity index (χ4n) is 2.10. The van der Waals surface area contributed by atoms with Crippen LogP contribution in [-0.4, -0.2) is 32.6 Å². The van der Waals surface area contributed by atoms with Crippen LogP contribution < -0.4 is 5.32 Å². The SMILES string of the molecule is CNCC(c1ccc(C)c(C)c1C)N(C)C. The highest BCUT2D eigenvalue weighted by Crippen LogP contribution is 2.25. The molecule has 2 heteroatoms. The maximum absolute atomic E-state index is 3.27. The van der Waals surface area contributed by atoms with Crippen molar-refractivity contribution >= 4 is 0 Å². The molecule has 1 aromatic carbocycles. The number of nitrogens with one attached hydrogen (secondary N) is 1. The molecule has 0 saturated heterocycles. The van der Waals surface area contributed by atoms with Gasteiger partial charge in [0.05, 0.1) is 0 Å². The molecule has 90 valence electrons. The number of aryl methyl sites for hydroxylation is 1. The van der Waals surface area contributed by atoms with Crippen LogP contribution in [0, 0.1) is 20.8 Å². The lowest BCUT2D eigenvalue weighted by Gasteiger charge is -2.27. The Labute approximate surface area is 99.7 Å². The van der Waals surface area contributed by atoms with E-state index in [2.05, 4.69) is 57.2 Å². The topological polar surface area (TPSA) is 15.3 Å². The third kappa shape index (κ3) is 2.63. The molecule has 0 aliphatic rings. The second-order valence-corrected chi connectivity index (χ2v) is 4.76. The maximum atomic E-state index is 3.27. The Morgan fingerprint density at radius 2 is 1.75 bits per heavy atom. The predicted octanol–water partition coefficient (Wildman–Crippen LogP) is 2.43. The molecule has 0 amide bonds. The van der Waals surface area contributed by atoms with Gasteiger partial charge < -0.3 is 10.2 Å². The molecule has 0 aliphatic heterocycles. The van der Waals surface area contributed by atoms with Crippen molar-refractivity contribution in [3.8, 4) is 0 Å². The smallest absolute Gasteiger partial charge is 0.0469 e. The molecule has 0 radical (unpaired) electrons. The van der Waals surface area contributed by atoms with Gasteiger partial charge in [0.15, 0.2) is 0 Å². The van der Waals surface area contributed by atoms with Crippen molar-refractivity contribution in [3.05, 3.63) is 34.4 Å². The predicted molar refractivity (Wildman–Crippen MR) is 71.0 cm³/mol. The highest BCUT2D eigenvalue weighted by atomic mass is 15.1. The van der Waals surface area contributed by atoms with Crippen LogP contribution in [0.5, 0.6) is 0 Å². The highest BCUT2D eigenvalue weighted by Gasteiger charge is 2.16. The largest absolute Gasteiger partial charge is 0.318 e. The van der Waals surface area contributed by atoms with Crippen LogP contribution in [0.15, 0.2) is 12.1 Å². The van der Waals surface area contributed by atoms with E-state index in [1.165, 1.54) is 22.3 Å². The number of benzene rings is 1. The summed E-state index contributed by atoms with van der Waals surface area (Å²) in [5.74, 6) is 0. The van der Waals surface area contributed by atoms with Gasteiger partial charge in [0.25, 0.3) is 0 Å². The molecule has 2 nitrogen and oxygen atoms in total. The van der Waals surface area contributed by atoms with Gasteiger partial charge >= 0.3 is 0 Å². The van der Waals surface area contributed by atoms with E-state index < -0.39 is 0 Å². The Kier molecular flexibility index (Phi) is 4.51. The summed E-state index contributed by atoms with van der Waals surface area (Å²) in [5.41, 5.74) is 5.65. The van der Waals surface area contributed by atoms with E-state index in [0.717, 1.165) is 6.54 Å². The van der Waals surface area contributed by atoms with Crippen molar-refractivity contribution in [2.75, 3.05) is 27.7 Å². The average molecular weight is 220 g/mol. The molecule has 1 N–H and O–H groups in total. The molecule has 1 unspecified atom stereocenters. The van der Waals surface area contributed by atoms with Crippen molar-refractivity contribution in [3.63, 3.8) is 0 Å². The van der Waals surface area contributed by atoms with Gasteiger partial charge in [0.1, 0.15) is 0 Å². The first-order valence-electron chi connectivity index (χ1n) is 5.86. The van der Waals surface area contributed by atoms with Gasteiger partial charge in [-0.2, -0.15) is 0 Å². The summed E-state index contributed by atoms with van der Waals surface area (Å²) in [6.07, 6.45) is 0. The zero-order valence-corrected chi connectivity index (χ0v) is 11.4. The van der Waals surface area contributed by atoms with E-state index in [1.807, 2.05) is 7.05 Å². The molecule has 0 heterocycles. The summed E-state index contributed by atoms with van der Waals surface area (Å²) >= 11 is 0. The molecule has 0 spiro atoms. The molecular weight excluding hydrogens is 196 g/mol. The minimum absolute atomic E-state index is 0.448. The molecule has 1 aromatic rings. The van der Waals surface area contributed by atoms with Crippen LogP contribution >= 0.6 is 0 Å². The van der Waals surface area contributed by atoms with Crippen molar-refractivity contribution in [1.82, 2.24) is 10.2 Å². The van der Waals surface area contributed by atoms with Gasteiger partial charge in [-0.3, -0.25) is 0 Å². The highest BCUT2D eigenvalue weighted by molar-refractivity contribution is 5.40. The van der Waals surface area contributed by atoms with E-state index in [1.54, 1.807) is 0 Å². The second kappa shape index (κ2) is 5.46. The lowest BCUT2D eigenvalue weighted by molar-refractivity contribution is 0.293. The van der Waals surface area contributed by atoms with E-state index in [-0.39, 0.29) is 0 Å². The summed E-state index contributed by atoms with van der Waals surface area (Å²) in [6, 6.07) is 4.94. The summed E-state index contributed by atoms with van der Waals surface area (Å²) in [5, 5.41) is 3.27. The Hall–Kier alpha value is -0.860. The molecule has 1 atom stereocenters. The lowest BCUT2D eigenvalue weighted by Crippen LogP contribution is -2.29. The first kappa shape index (κ1) is 13.2.